The van der Waals surface area contributed by atoms with Gasteiger partial charge in [-0.2, -0.15) is 4.31 Å². The predicted octanol–water partition coefficient (Wildman–Crippen LogP) is 2.97. The van der Waals surface area contributed by atoms with Crippen molar-refractivity contribution in [3.8, 4) is 0 Å². The predicted molar refractivity (Wildman–Crippen MR) is 120 cm³/mol. The fourth-order valence-corrected chi connectivity index (χ4v) is 5.62. The van der Waals surface area contributed by atoms with Crippen molar-refractivity contribution < 1.29 is 13.3 Å². The Labute approximate surface area is 185 Å². The first kappa shape index (κ1) is 22.1. The second-order valence-electron chi connectivity index (χ2n) is 7.91. The Morgan fingerprint density at radius 3 is 2.38 bits per heavy atom. The van der Waals surface area contributed by atoms with Gasteiger partial charge in [0.25, 0.3) is 11.2 Å². The van der Waals surface area contributed by atoms with Crippen molar-refractivity contribution in [2.24, 2.45) is 5.92 Å². The van der Waals surface area contributed by atoms with Crippen LogP contribution < -0.4 is 5.56 Å². The fourth-order valence-electron chi connectivity index (χ4n) is 4.15. The van der Waals surface area contributed by atoms with Crippen LogP contribution in [0.5, 0.6) is 0 Å². The summed E-state index contributed by atoms with van der Waals surface area (Å²) in [6, 6.07) is 12.2. The number of benzene rings is 2. The molecule has 4 rings (SSSR count). The number of sulfonamides is 1. The Hall–Kier alpha value is -3.11. The van der Waals surface area contributed by atoms with Gasteiger partial charge in [0.1, 0.15) is 5.82 Å². The zero-order valence-corrected chi connectivity index (χ0v) is 18.5. The summed E-state index contributed by atoms with van der Waals surface area (Å²) >= 11 is 0. The molecule has 1 aromatic heterocycles. The SMILES string of the molecule is CCc1nc2ccccc2c(=O)n1CC1CCN(S(=O)(=O)c2ccc([N+](=O)[O-])cc2)CC1. The maximum absolute atomic E-state index is 13.0. The normalized spacial score (nSPS) is 15.8. The van der Waals surface area contributed by atoms with Crippen LogP contribution in [0, 0.1) is 16.0 Å². The maximum atomic E-state index is 13.0. The number of rotatable bonds is 6. The lowest BCUT2D eigenvalue weighted by Gasteiger charge is -2.31. The molecule has 0 aliphatic carbocycles. The summed E-state index contributed by atoms with van der Waals surface area (Å²) in [6.45, 7) is 3.14. The summed E-state index contributed by atoms with van der Waals surface area (Å²) in [7, 11) is -3.72. The minimum absolute atomic E-state index is 0.0461. The van der Waals surface area contributed by atoms with Crippen molar-refractivity contribution in [1.29, 1.82) is 0 Å². The van der Waals surface area contributed by atoms with Crippen LogP contribution in [0.1, 0.15) is 25.6 Å². The number of non-ortho nitro benzene ring substituents is 1. The van der Waals surface area contributed by atoms with Gasteiger partial charge in [0.05, 0.1) is 20.7 Å². The topological polar surface area (TPSA) is 115 Å². The molecule has 0 saturated carbocycles. The molecule has 1 aliphatic heterocycles. The Morgan fingerprint density at radius 2 is 1.75 bits per heavy atom. The van der Waals surface area contributed by atoms with Crippen LogP contribution >= 0.6 is 0 Å². The van der Waals surface area contributed by atoms with Crippen molar-refractivity contribution >= 4 is 26.6 Å². The maximum Gasteiger partial charge on any atom is 0.269 e. The Kier molecular flexibility index (Phi) is 6.07. The van der Waals surface area contributed by atoms with E-state index in [1.165, 1.54) is 28.6 Å². The summed E-state index contributed by atoms with van der Waals surface area (Å²) in [5, 5.41) is 11.4. The van der Waals surface area contributed by atoms with Gasteiger partial charge >= 0.3 is 0 Å². The molecule has 0 atom stereocenters. The van der Waals surface area contributed by atoms with Crippen LogP contribution in [0.25, 0.3) is 10.9 Å². The van der Waals surface area contributed by atoms with Crippen molar-refractivity contribution in [3.63, 3.8) is 0 Å². The van der Waals surface area contributed by atoms with Gasteiger partial charge in [-0.25, -0.2) is 13.4 Å². The molecule has 32 heavy (non-hydrogen) atoms. The number of fused-ring (bicyclic) bond motifs is 1. The molecule has 1 fully saturated rings. The summed E-state index contributed by atoms with van der Waals surface area (Å²) in [5.41, 5.74) is 0.479. The summed E-state index contributed by atoms with van der Waals surface area (Å²) in [5.74, 6) is 0.888. The van der Waals surface area contributed by atoms with E-state index in [4.69, 9.17) is 0 Å². The van der Waals surface area contributed by atoms with Crippen LogP contribution in [0.4, 0.5) is 5.69 Å². The van der Waals surface area contributed by atoms with Gasteiger partial charge in [0.2, 0.25) is 10.0 Å². The molecule has 0 amide bonds. The minimum Gasteiger partial charge on any atom is -0.296 e. The minimum atomic E-state index is -3.72. The number of aryl methyl sites for hydroxylation is 1. The molecule has 0 bridgehead atoms. The lowest BCUT2D eigenvalue weighted by atomic mass is 9.98. The summed E-state index contributed by atoms with van der Waals surface area (Å²) < 4.78 is 29.0. The van der Waals surface area contributed by atoms with E-state index in [-0.39, 0.29) is 22.1 Å². The van der Waals surface area contributed by atoms with Crippen LogP contribution in [0.15, 0.2) is 58.2 Å². The van der Waals surface area contributed by atoms with Crippen LogP contribution in [0.3, 0.4) is 0 Å². The van der Waals surface area contributed by atoms with E-state index in [0.29, 0.717) is 49.8 Å². The number of nitrogens with zero attached hydrogens (tertiary/aromatic N) is 4. The van der Waals surface area contributed by atoms with E-state index in [9.17, 15) is 23.3 Å². The standard InChI is InChI=1S/C22H24N4O5S/c1-2-21-23-20-6-4-3-5-19(20)22(27)25(21)15-16-11-13-24(14-12-16)32(30,31)18-9-7-17(8-10-18)26(28)29/h3-10,16H,2,11-15H2,1H3. The molecule has 168 valence electrons. The Balaban J connectivity index is 1.49. The summed E-state index contributed by atoms with van der Waals surface area (Å²) in [4.78, 5) is 28.0. The molecule has 0 unspecified atom stereocenters. The van der Waals surface area contributed by atoms with Crippen LogP contribution in [0.2, 0.25) is 0 Å². The molecule has 1 saturated heterocycles. The summed E-state index contributed by atoms with van der Waals surface area (Å²) in [6.07, 6.45) is 1.87. The largest absolute Gasteiger partial charge is 0.296 e. The highest BCUT2D eigenvalue weighted by atomic mass is 32.2. The number of para-hydroxylation sites is 1. The number of aromatic nitrogens is 2. The molecule has 2 aromatic carbocycles. The molecule has 1 aliphatic rings. The second kappa shape index (κ2) is 8.79. The van der Waals surface area contributed by atoms with E-state index in [2.05, 4.69) is 4.98 Å². The van der Waals surface area contributed by atoms with Gasteiger partial charge in [0, 0.05) is 38.2 Å². The Bertz CT molecular complexity index is 1310. The molecule has 10 heteroatoms. The number of nitro benzene ring substituents is 1. The Morgan fingerprint density at radius 1 is 1.09 bits per heavy atom. The number of hydrogen-bond donors (Lipinski definition) is 0. The molecule has 2 heterocycles. The number of piperidine rings is 1. The lowest BCUT2D eigenvalue weighted by molar-refractivity contribution is -0.384. The van der Waals surface area contributed by atoms with E-state index >= 15 is 0 Å². The quantitative estimate of drug-likeness (QED) is 0.416. The fraction of sp³-hybridized carbons (Fsp3) is 0.364. The van der Waals surface area contributed by atoms with E-state index < -0.39 is 14.9 Å². The third-order valence-corrected chi connectivity index (χ3v) is 7.87. The molecule has 3 aromatic rings. The molecular formula is C22H24N4O5S. The average Bonchev–Trinajstić information content (AvgIpc) is 2.81. The van der Waals surface area contributed by atoms with Crippen LogP contribution in [-0.2, 0) is 23.0 Å². The van der Waals surface area contributed by atoms with Crippen LogP contribution in [-0.4, -0.2) is 40.3 Å². The molecule has 0 radical (unpaired) electrons. The van der Waals surface area contributed by atoms with Gasteiger partial charge in [0.15, 0.2) is 0 Å². The van der Waals surface area contributed by atoms with Crippen molar-refractivity contribution in [3.05, 3.63) is 74.8 Å². The van der Waals surface area contributed by atoms with Gasteiger partial charge < -0.3 is 0 Å². The first-order valence-electron chi connectivity index (χ1n) is 10.5. The monoisotopic (exact) mass is 456 g/mol. The van der Waals surface area contributed by atoms with E-state index in [1.54, 1.807) is 10.6 Å². The molecular weight excluding hydrogens is 432 g/mol. The highest BCUT2D eigenvalue weighted by Gasteiger charge is 2.30. The third-order valence-electron chi connectivity index (χ3n) is 5.96. The van der Waals surface area contributed by atoms with Crippen molar-refractivity contribution in [1.82, 2.24) is 13.9 Å². The molecule has 9 nitrogen and oxygen atoms in total. The number of hydrogen-bond acceptors (Lipinski definition) is 6. The van der Waals surface area contributed by atoms with Crippen molar-refractivity contribution in [2.45, 2.75) is 37.6 Å². The van der Waals surface area contributed by atoms with Gasteiger partial charge in [-0.1, -0.05) is 19.1 Å². The lowest BCUT2D eigenvalue weighted by Crippen LogP contribution is -2.40. The first-order chi connectivity index (χ1) is 15.3. The van der Waals surface area contributed by atoms with E-state index in [1.807, 2.05) is 25.1 Å². The first-order valence-corrected chi connectivity index (χ1v) is 12.0. The highest BCUT2D eigenvalue weighted by Crippen LogP contribution is 2.26. The van der Waals surface area contributed by atoms with Crippen molar-refractivity contribution in [2.75, 3.05) is 13.1 Å². The van der Waals surface area contributed by atoms with Gasteiger partial charge in [-0.15, -0.1) is 0 Å². The highest BCUT2D eigenvalue weighted by molar-refractivity contribution is 7.89. The molecule has 0 N–H and O–H groups in total. The third kappa shape index (κ3) is 4.15. The molecule has 0 spiro atoms. The average molecular weight is 457 g/mol. The van der Waals surface area contributed by atoms with E-state index in [0.717, 1.165) is 5.82 Å². The zero-order valence-electron chi connectivity index (χ0n) is 17.7. The number of nitro groups is 1. The van der Waals surface area contributed by atoms with Gasteiger partial charge in [-0.05, 0) is 43.0 Å². The zero-order chi connectivity index (χ0) is 22.9. The smallest absolute Gasteiger partial charge is 0.269 e. The second-order valence-corrected chi connectivity index (χ2v) is 9.85. The van der Waals surface area contributed by atoms with Gasteiger partial charge in [-0.3, -0.25) is 19.5 Å².